The third-order valence-electron chi connectivity index (χ3n) is 3.63. The highest BCUT2D eigenvalue weighted by molar-refractivity contribution is 5.93. The summed E-state index contributed by atoms with van der Waals surface area (Å²) in [4.78, 5) is 23.8. The summed E-state index contributed by atoms with van der Waals surface area (Å²) in [5, 5.41) is 2.65. The van der Waals surface area contributed by atoms with Gasteiger partial charge in [0.2, 0.25) is 0 Å². The van der Waals surface area contributed by atoms with Crippen molar-refractivity contribution >= 4 is 17.6 Å². The number of carbonyl (C=O) groups is 2. The third kappa shape index (κ3) is 5.24. The lowest BCUT2D eigenvalue weighted by molar-refractivity contribution is -0.146. The van der Waals surface area contributed by atoms with Gasteiger partial charge in [0.15, 0.2) is 18.1 Å². The molecule has 0 aliphatic carbocycles. The lowest BCUT2D eigenvalue weighted by atomic mass is 10.1. The number of anilines is 1. The minimum Gasteiger partial charge on any atom is -0.493 e. The van der Waals surface area contributed by atoms with Crippen molar-refractivity contribution in [2.45, 2.75) is 13.3 Å². The Bertz CT molecular complexity index is 757. The average Bonchev–Trinajstić information content (AvgIpc) is 2.62. The summed E-state index contributed by atoms with van der Waals surface area (Å²) in [6, 6.07) is 12.5. The van der Waals surface area contributed by atoms with Crippen molar-refractivity contribution in [1.29, 1.82) is 0 Å². The topological polar surface area (TPSA) is 73.9 Å². The van der Waals surface area contributed by atoms with Gasteiger partial charge in [-0.15, -0.1) is 0 Å². The first-order chi connectivity index (χ1) is 12.0. The number of esters is 1. The highest BCUT2D eigenvalue weighted by Gasteiger charge is 2.11. The van der Waals surface area contributed by atoms with Crippen LogP contribution in [0, 0.1) is 6.92 Å². The van der Waals surface area contributed by atoms with Crippen molar-refractivity contribution in [3.8, 4) is 11.5 Å². The number of amides is 1. The summed E-state index contributed by atoms with van der Waals surface area (Å²) in [5.41, 5.74) is 2.42. The van der Waals surface area contributed by atoms with Gasteiger partial charge in [0.1, 0.15) is 0 Å². The van der Waals surface area contributed by atoms with E-state index in [4.69, 9.17) is 14.2 Å². The van der Waals surface area contributed by atoms with Crippen molar-refractivity contribution in [1.82, 2.24) is 0 Å². The first kappa shape index (κ1) is 18.3. The second kappa shape index (κ2) is 8.73. The summed E-state index contributed by atoms with van der Waals surface area (Å²) < 4.78 is 15.3. The summed E-state index contributed by atoms with van der Waals surface area (Å²) in [6.45, 7) is 1.57. The van der Waals surface area contributed by atoms with Crippen LogP contribution in [0.2, 0.25) is 0 Å². The van der Waals surface area contributed by atoms with Gasteiger partial charge in [-0.05, 0) is 30.2 Å². The highest BCUT2D eigenvalue weighted by atomic mass is 16.5. The van der Waals surface area contributed by atoms with Gasteiger partial charge >= 0.3 is 5.97 Å². The van der Waals surface area contributed by atoms with Crippen molar-refractivity contribution in [3.63, 3.8) is 0 Å². The summed E-state index contributed by atoms with van der Waals surface area (Å²) in [6.07, 6.45) is 0.135. The van der Waals surface area contributed by atoms with Crippen molar-refractivity contribution < 1.29 is 23.8 Å². The van der Waals surface area contributed by atoms with Crippen LogP contribution < -0.4 is 14.8 Å². The molecule has 1 N–H and O–H groups in total. The van der Waals surface area contributed by atoms with E-state index >= 15 is 0 Å². The van der Waals surface area contributed by atoms with E-state index in [9.17, 15) is 9.59 Å². The minimum atomic E-state index is -0.447. The van der Waals surface area contributed by atoms with E-state index in [0.29, 0.717) is 17.2 Å². The predicted octanol–water partition coefficient (Wildman–Crippen LogP) is 2.74. The van der Waals surface area contributed by atoms with E-state index in [1.165, 1.54) is 14.2 Å². The van der Waals surface area contributed by atoms with Gasteiger partial charge in [-0.2, -0.15) is 0 Å². The zero-order valence-corrected chi connectivity index (χ0v) is 14.5. The molecular formula is C19H21NO5. The number of hydrogen-bond acceptors (Lipinski definition) is 5. The monoisotopic (exact) mass is 343 g/mol. The van der Waals surface area contributed by atoms with Gasteiger partial charge in [0, 0.05) is 11.8 Å². The molecule has 0 unspecified atom stereocenters. The highest BCUT2D eigenvalue weighted by Crippen LogP contribution is 2.29. The number of hydrogen-bond donors (Lipinski definition) is 1. The van der Waals surface area contributed by atoms with Crippen LogP contribution in [0.15, 0.2) is 42.5 Å². The fraction of sp³-hybridized carbons (Fsp3) is 0.263. The molecule has 0 atom stereocenters. The van der Waals surface area contributed by atoms with E-state index < -0.39 is 11.9 Å². The number of nitrogens with one attached hydrogen (secondary N) is 1. The van der Waals surface area contributed by atoms with Gasteiger partial charge in [-0.25, -0.2) is 0 Å². The third-order valence-corrected chi connectivity index (χ3v) is 3.63. The van der Waals surface area contributed by atoms with Crippen LogP contribution in [-0.4, -0.2) is 32.7 Å². The van der Waals surface area contributed by atoms with Gasteiger partial charge in [-0.1, -0.05) is 24.3 Å². The lowest BCUT2D eigenvalue weighted by Gasteiger charge is -2.11. The van der Waals surface area contributed by atoms with Crippen molar-refractivity contribution in [2.75, 3.05) is 26.1 Å². The molecule has 2 rings (SSSR count). The fourth-order valence-electron chi connectivity index (χ4n) is 2.27. The number of carbonyl (C=O) groups excluding carboxylic acids is 2. The van der Waals surface area contributed by atoms with Gasteiger partial charge in [0.25, 0.3) is 5.91 Å². The molecule has 6 heteroatoms. The Kier molecular flexibility index (Phi) is 6.39. The average molecular weight is 343 g/mol. The zero-order valence-electron chi connectivity index (χ0n) is 14.5. The molecule has 0 saturated carbocycles. The summed E-state index contributed by atoms with van der Waals surface area (Å²) in [7, 11) is 3.04. The maximum atomic E-state index is 11.9. The number of rotatable bonds is 7. The number of ether oxygens (including phenoxy) is 3. The Labute approximate surface area is 146 Å². The van der Waals surface area contributed by atoms with Crippen molar-refractivity contribution in [3.05, 3.63) is 53.6 Å². The smallest absolute Gasteiger partial charge is 0.310 e. The Hall–Kier alpha value is -3.02. The van der Waals surface area contributed by atoms with E-state index in [-0.39, 0.29) is 13.0 Å². The van der Waals surface area contributed by atoms with Crippen LogP contribution in [0.25, 0.3) is 0 Å². The van der Waals surface area contributed by atoms with Gasteiger partial charge < -0.3 is 19.5 Å². The second-order valence-electron chi connectivity index (χ2n) is 5.38. The normalized spacial score (nSPS) is 10.0. The van der Waals surface area contributed by atoms with Crippen LogP contribution in [0.5, 0.6) is 11.5 Å². The molecule has 2 aromatic rings. The molecule has 1 amide bonds. The first-order valence-electron chi connectivity index (χ1n) is 7.75. The molecule has 25 heavy (non-hydrogen) atoms. The molecule has 6 nitrogen and oxygen atoms in total. The number of methoxy groups -OCH3 is 2. The maximum Gasteiger partial charge on any atom is 0.310 e. The quantitative estimate of drug-likeness (QED) is 0.783. The second-order valence-corrected chi connectivity index (χ2v) is 5.38. The van der Waals surface area contributed by atoms with Crippen LogP contribution >= 0.6 is 0 Å². The van der Waals surface area contributed by atoms with E-state index in [1.807, 2.05) is 31.2 Å². The fourth-order valence-corrected chi connectivity index (χ4v) is 2.27. The Morgan fingerprint density at radius 2 is 1.72 bits per heavy atom. The predicted molar refractivity (Wildman–Crippen MR) is 94.0 cm³/mol. The Morgan fingerprint density at radius 3 is 2.40 bits per heavy atom. The minimum absolute atomic E-state index is 0.135. The molecule has 0 radical (unpaired) electrons. The molecule has 0 spiro atoms. The molecule has 0 bridgehead atoms. The summed E-state index contributed by atoms with van der Waals surface area (Å²) in [5.74, 6) is 0.184. The van der Waals surface area contributed by atoms with E-state index in [1.54, 1.807) is 18.2 Å². The molecule has 0 aromatic heterocycles. The maximum absolute atomic E-state index is 11.9. The lowest BCUT2D eigenvalue weighted by Crippen LogP contribution is -2.21. The Morgan fingerprint density at radius 1 is 1.00 bits per heavy atom. The molecule has 0 fully saturated rings. The SMILES string of the molecule is COc1ccc(NC(=O)COC(=O)Cc2ccccc2C)cc1OC. The van der Waals surface area contributed by atoms with E-state index in [2.05, 4.69) is 5.32 Å². The van der Waals surface area contributed by atoms with Crippen LogP contribution in [0.3, 0.4) is 0 Å². The van der Waals surface area contributed by atoms with E-state index in [0.717, 1.165) is 11.1 Å². The summed E-state index contributed by atoms with van der Waals surface area (Å²) >= 11 is 0. The molecule has 0 heterocycles. The van der Waals surface area contributed by atoms with Crippen LogP contribution in [0.1, 0.15) is 11.1 Å². The zero-order chi connectivity index (χ0) is 18.2. The molecular weight excluding hydrogens is 322 g/mol. The molecule has 0 aliphatic heterocycles. The molecule has 132 valence electrons. The number of benzene rings is 2. The van der Waals surface area contributed by atoms with Crippen LogP contribution in [0.4, 0.5) is 5.69 Å². The molecule has 2 aromatic carbocycles. The Balaban J connectivity index is 1.86. The molecule has 0 saturated heterocycles. The van der Waals surface area contributed by atoms with Crippen molar-refractivity contribution in [2.24, 2.45) is 0 Å². The van der Waals surface area contributed by atoms with Gasteiger partial charge in [0.05, 0.1) is 20.6 Å². The largest absolute Gasteiger partial charge is 0.493 e. The molecule has 0 aliphatic rings. The standard InChI is InChI=1S/C19H21NO5/c1-13-6-4-5-7-14(13)10-19(22)25-12-18(21)20-15-8-9-16(23-2)17(11-15)24-3/h4-9,11H,10,12H2,1-3H3,(H,20,21). The first-order valence-corrected chi connectivity index (χ1v) is 7.75. The van der Waals surface area contributed by atoms with Crippen LogP contribution in [-0.2, 0) is 20.7 Å². The number of aryl methyl sites for hydroxylation is 1. The van der Waals surface area contributed by atoms with Gasteiger partial charge in [-0.3, -0.25) is 9.59 Å².